The maximum absolute atomic E-state index is 12.1. The number of hydrogen-bond acceptors (Lipinski definition) is 5. The molecule has 0 heterocycles. The summed E-state index contributed by atoms with van der Waals surface area (Å²) in [6.45, 7) is 0.981. The third kappa shape index (κ3) is 8.70. The van der Waals surface area contributed by atoms with Crippen molar-refractivity contribution < 1.29 is 31.1 Å². The quantitative estimate of drug-likeness (QED) is 0.631. The molecule has 26 heavy (non-hydrogen) atoms. The van der Waals surface area contributed by atoms with Gasteiger partial charge in [-0.3, -0.25) is 4.79 Å². The lowest BCUT2D eigenvalue weighted by molar-refractivity contribution is -0.274. The number of carbonyl (C=O) groups is 1. The first-order valence-electron chi connectivity index (χ1n) is 7.29. The molecular weight excluding hydrogens is 399 g/mol. The molecular formula is C14H21ClF3N3O4S. The zero-order valence-corrected chi connectivity index (χ0v) is 15.8. The van der Waals surface area contributed by atoms with Gasteiger partial charge in [0, 0.05) is 33.1 Å². The molecule has 0 aliphatic rings. The molecule has 1 amide bonds. The second-order valence-electron chi connectivity index (χ2n) is 5.09. The van der Waals surface area contributed by atoms with Crippen molar-refractivity contribution in [2.45, 2.75) is 17.7 Å². The van der Waals surface area contributed by atoms with E-state index in [9.17, 15) is 26.4 Å². The number of rotatable bonds is 9. The first-order chi connectivity index (χ1) is 11.5. The van der Waals surface area contributed by atoms with Crippen molar-refractivity contribution in [3.8, 4) is 5.75 Å². The van der Waals surface area contributed by atoms with Gasteiger partial charge < -0.3 is 15.0 Å². The second kappa shape index (κ2) is 10.6. The highest BCUT2D eigenvalue weighted by Crippen LogP contribution is 2.23. The SMILES string of the molecule is CNCCN(C)C(=O)CCNS(=O)(=O)c1ccc(OC(F)(F)F)cc1.Cl. The van der Waals surface area contributed by atoms with Gasteiger partial charge in [-0.2, -0.15) is 0 Å². The van der Waals surface area contributed by atoms with Crippen LogP contribution in [0.4, 0.5) is 13.2 Å². The summed E-state index contributed by atoms with van der Waals surface area (Å²) in [5.74, 6) is -0.750. The van der Waals surface area contributed by atoms with Crippen LogP contribution < -0.4 is 14.8 Å². The van der Waals surface area contributed by atoms with Crippen molar-refractivity contribution in [1.29, 1.82) is 0 Å². The molecule has 0 unspecified atom stereocenters. The van der Waals surface area contributed by atoms with Gasteiger partial charge in [-0.25, -0.2) is 13.1 Å². The highest BCUT2D eigenvalue weighted by Gasteiger charge is 2.31. The first-order valence-corrected chi connectivity index (χ1v) is 8.77. The van der Waals surface area contributed by atoms with Crippen LogP contribution in [0.25, 0.3) is 0 Å². The highest BCUT2D eigenvalue weighted by atomic mass is 35.5. The van der Waals surface area contributed by atoms with Gasteiger partial charge in [0.2, 0.25) is 15.9 Å². The zero-order chi connectivity index (χ0) is 19.1. The van der Waals surface area contributed by atoms with E-state index in [4.69, 9.17) is 0 Å². The number of sulfonamides is 1. The predicted octanol–water partition coefficient (Wildman–Crippen LogP) is 1.35. The summed E-state index contributed by atoms with van der Waals surface area (Å²) in [5, 5.41) is 2.89. The van der Waals surface area contributed by atoms with E-state index in [0.717, 1.165) is 24.3 Å². The number of benzene rings is 1. The summed E-state index contributed by atoms with van der Waals surface area (Å²) in [4.78, 5) is 13.0. The molecule has 1 aromatic carbocycles. The third-order valence-electron chi connectivity index (χ3n) is 3.12. The van der Waals surface area contributed by atoms with Gasteiger partial charge in [0.25, 0.3) is 0 Å². The van der Waals surface area contributed by atoms with Crippen molar-refractivity contribution in [2.75, 3.05) is 33.7 Å². The Bertz CT molecular complexity index is 669. The van der Waals surface area contributed by atoms with Crippen molar-refractivity contribution in [3.63, 3.8) is 0 Å². The van der Waals surface area contributed by atoms with Crippen LogP contribution in [0.1, 0.15) is 6.42 Å². The van der Waals surface area contributed by atoms with E-state index >= 15 is 0 Å². The molecule has 7 nitrogen and oxygen atoms in total. The number of halogens is 4. The number of nitrogens with one attached hydrogen (secondary N) is 2. The largest absolute Gasteiger partial charge is 0.573 e. The fourth-order valence-corrected chi connectivity index (χ4v) is 2.82. The third-order valence-corrected chi connectivity index (χ3v) is 4.60. The van der Waals surface area contributed by atoms with Crippen molar-refractivity contribution in [2.24, 2.45) is 0 Å². The predicted molar refractivity (Wildman–Crippen MR) is 91.7 cm³/mol. The summed E-state index contributed by atoms with van der Waals surface area (Å²) >= 11 is 0. The first kappa shape index (κ1) is 24.4. The monoisotopic (exact) mass is 419 g/mol. The van der Waals surface area contributed by atoms with Crippen LogP contribution in [0.5, 0.6) is 5.75 Å². The van der Waals surface area contributed by atoms with Gasteiger partial charge >= 0.3 is 6.36 Å². The fraction of sp³-hybridized carbons (Fsp3) is 0.500. The molecule has 0 aliphatic heterocycles. The summed E-state index contributed by atoms with van der Waals surface area (Å²) < 4.78 is 66.2. The van der Waals surface area contributed by atoms with E-state index in [2.05, 4.69) is 14.8 Å². The number of carbonyl (C=O) groups excluding carboxylic acids is 1. The van der Waals surface area contributed by atoms with Gasteiger partial charge in [0.15, 0.2) is 0 Å². The van der Waals surface area contributed by atoms with Gasteiger partial charge in [-0.05, 0) is 31.3 Å². The molecule has 0 saturated heterocycles. The molecule has 0 aromatic heterocycles. The van der Waals surface area contributed by atoms with Crippen LogP contribution in [0, 0.1) is 0 Å². The molecule has 0 aliphatic carbocycles. The van der Waals surface area contributed by atoms with Crippen LogP contribution in [-0.4, -0.2) is 59.3 Å². The summed E-state index contributed by atoms with van der Waals surface area (Å²) in [6, 6.07) is 3.78. The molecule has 0 atom stereocenters. The minimum absolute atomic E-state index is 0. The van der Waals surface area contributed by atoms with Gasteiger partial charge in [0.1, 0.15) is 5.75 Å². The smallest absolute Gasteiger partial charge is 0.406 e. The molecule has 0 spiro atoms. The van der Waals surface area contributed by atoms with E-state index in [1.807, 2.05) is 0 Å². The summed E-state index contributed by atoms with van der Waals surface area (Å²) in [6.07, 6.45) is -4.88. The van der Waals surface area contributed by atoms with E-state index in [1.165, 1.54) is 4.90 Å². The Labute approximate surface area is 156 Å². The van der Waals surface area contributed by atoms with E-state index in [0.29, 0.717) is 13.1 Å². The van der Waals surface area contributed by atoms with Crippen LogP contribution >= 0.6 is 12.4 Å². The minimum Gasteiger partial charge on any atom is -0.406 e. The standard InChI is InChI=1S/C14H20F3N3O4S.ClH/c1-18-9-10-20(2)13(21)7-8-19-25(22,23)12-5-3-11(4-6-12)24-14(15,16)17;/h3-6,18-19H,7-10H2,1-2H3;1H. The molecule has 12 heteroatoms. The summed E-state index contributed by atoms with van der Waals surface area (Å²) in [5.41, 5.74) is 0. The Morgan fingerprint density at radius 2 is 1.77 bits per heavy atom. The van der Waals surface area contributed by atoms with Crippen LogP contribution in [0.3, 0.4) is 0 Å². The number of nitrogens with zero attached hydrogens (tertiary/aromatic N) is 1. The number of amides is 1. The molecule has 150 valence electrons. The average molecular weight is 420 g/mol. The maximum Gasteiger partial charge on any atom is 0.573 e. The number of hydrogen-bond donors (Lipinski definition) is 2. The normalized spacial score (nSPS) is 11.6. The molecule has 0 radical (unpaired) electrons. The molecule has 1 rings (SSSR count). The number of likely N-dealkylation sites (N-methyl/N-ethyl adjacent to an activating group) is 2. The number of alkyl halides is 3. The van der Waals surface area contributed by atoms with E-state index in [1.54, 1.807) is 14.1 Å². The highest BCUT2D eigenvalue weighted by molar-refractivity contribution is 7.89. The molecule has 2 N–H and O–H groups in total. The lowest BCUT2D eigenvalue weighted by atomic mass is 10.3. The molecule has 0 bridgehead atoms. The summed E-state index contributed by atoms with van der Waals surface area (Å²) in [7, 11) is -0.577. The van der Waals surface area contributed by atoms with Gasteiger partial charge in [-0.1, -0.05) is 0 Å². The van der Waals surface area contributed by atoms with Crippen molar-refractivity contribution in [1.82, 2.24) is 14.9 Å². The van der Waals surface area contributed by atoms with Crippen LogP contribution in [0.2, 0.25) is 0 Å². The Kier molecular flexibility index (Phi) is 9.92. The lowest BCUT2D eigenvalue weighted by Crippen LogP contribution is -2.35. The minimum atomic E-state index is -4.85. The second-order valence-corrected chi connectivity index (χ2v) is 6.85. The Morgan fingerprint density at radius 3 is 2.27 bits per heavy atom. The van der Waals surface area contributed by atoms with Crippen molar-refractivity contribution in [3.05, 3.63) is 24.3 Å². The molecule has 0 fully saturated rings. The Hall–Kier alpha value is -1.56. The fourth-order valence-electron chi connectivity index (χ4n) is 1.79. The zero-order valence-electron chi connectivity index (χ0n) is 14.2. The van der Waals surface area contributed by atoms with Crippen LogP contribution in [-0.2, 0) is 14.8 Å². The van der Waals surface area contributed by atoms with E-state index < -0.39 is 22.1 Å². The maximum atomic E-state index is 12.1. The Morgan fingerprint density at radius 1 is 1.19 bits per heavy atom. The van der Waals surface area contributed by atoms with Crippen molar-refractivity contribution >= 4 is 28.3 Å². The van der Waals surface area contributed by atoms with Gasteiger partial charge in [0.05, 0.1) is 4.90 Å². The van der Waals surface area contributed by atoms with Crippen LogP contribution in [0.15, 0.2) is 29.2 Å². The number of ether oxygens (including phenoxy) is 1. The Balaban J connectivity index is 0.00000625. The average Bonchev–Trinajstić information content (AvgIpc) is 2.51. The van der Waals surface area contributed by atoms with E-state index in [-0.39, 0.29) is 36.2 Å². The molecule has 0 saturated carbocycles. The van der Waals surface area contributed by atoms with Gasteiger partial charge in [-0.15, -0.1) is 25.6 Å². The lowest BCUT2D eigenvalue weighted by Gasteiger charge is -2.17. The molecule has 1 aromatic rings. The topological polar surface area (TPSA) is 87.7 Å².